The number of ether oxygens (including phenoxy) is 3. The van der Waals surface area contributed by atoms with Crippen LogP contribution >= 0.6 is 15.9 Å². The van der Waals surface area contributed by atoms with Crippen LogP contribution in [0, 0.1) is 0 Å². The van der Waals surface area contributed by atoms with E-state index in [1.807, 2.05) is 0 Å². The van der Waals surface area contributed by atoms with Crippen molar-refractivity contribution in [3.05, 3.63) is 27.7 Å². The van der Waals surface area contributed by atoms with Crippen LogP contribution in [0.2, 0.25) is 0 Å². The van der Waals surface area contributed by atoms with E-state index in [2.05, 4.69) is 20.8 Å². The lowest BCUT2D eigenvalue weighted by Gasteiger charge is -2.27. The van der Waals surface area contributed by atoms with E-state index >= 15 is 0 Å². The molecule has 0 amide bonds. The molecule has 1 heterocycles. The van der Waals surface area contributed by atoms with Gasteiger partial charge in [0, 0.05) is 24.1 Å². The molecule has 0 saturated carbocycles. The van der Waals surface area contributed by atoms with Gasteiger partial charge in [0.1, 0.15) is 6.61 Å². The predicted molar refractivity (Wildman–Crippen MR) is 92.8 cm³/mol. The van der Waals surface area contributed by atoms with Crippen LogP contribution in [0.3, 0.4) is 0 Å². The van der Waals surface area contributed by atoms with Crippen molar-refractivity contribution in [2.24, 2.45) is 0 Å². The molecule has 0 aromatic heterocycles. The number of anilines is 1. The van der Waals surface area contributed by atoms with Gasteiger partial charge in [-0.1, -0.05) is 0 Å². The third-order valence-corrected chi connectivity index (χ3v) is 4.30. The molecule has 1 aromatic carbocycles. The molecule has 8 heteroatoms. The van der Waals surface area contributed by atoms with Crippen LogP contribution in [0.4, 0.5) is 5.69 Å². The topological polar surface area (TPSA) is 94.3 Å². The van der Waals surface area contributed by atoms with Gasteiger partial charge in [-0.15, -0.1) is 0 Å². The van der Waals surface area contributed by atoms with Crippen molar-refractivity contribution in [2.75, 3.05) is 58.5 Å². The predicted octanol–water partition coefficient (Wildman–Crippen LogP) is 1.03. The number of nitrogen functional groups attached to an aromatic ring is 1. The van der Waals surface area contributed by atoms with Crippen molar-refractivity contribution in [3.8, 4) is 0 Å². The monoisotopic (exact) mass is 402 g/mol. The summed E-state index contributed by atoms with van der Waals surface area (Å²) in [4.78, 5) is 14.4. The molecule has 7 nitrogen and oxygen atoms in total. The minimum Gasteiger partial charge on any atom is -0.460 e. The quantitative estimate of drug-likeness (QED) is 0.380. The van der Waals surface area contributed by atoms with Crippen LogP contribution in [0.15, 0.2) is 16.6 Å². The summed E-state index contributed by atoms with van der Waals surface area (Å²) in [7, 11) is 0. The van der Waals surface area contributed by atoms with Gasteiger partial charge in [-0.25, -0.2) is 4.79 Å². The van der Waals surface area contributed by atoms with Gasteiger partial charge in [-0.3, -0.25) is 4.90 Å². The number of hydrogen-bond acceptors (Lipinski definition) is 7. The number of carbonyl (C=O) groups excluding carboxylic acids is 1. The molecule has 1 fully saturated rings. The number of halogens is 1. The number of aliphatic hydroxyl groups is 1. The lowest BCUT2D eigenvalue weighted by molar-refractivity contribution is 0.0257. The minimum absolute atomic E-state index is 0.0518. The zero-order valence-electron chi connectivity index (χ0n) is 13.5. The van der Waals surface area contributed by atoms with Crippen LogP contribution in [0.1, 0.15) is 15.9 Å². The Bertz CT molecular complexity index is 550. The zero-order valence-corrected chi connectivity index (χ0v) is 15.1. The van der Waals surface area contributed by atoms with Crippen LogP contribution in [-0.2, 0) is 20.8 Å². The van der Waals surface area contributed by atoms with Gasteiger partial charge < -0.3 is 25.1 Å². The summed E-state index contributed by atoms with van der Waals surface area (Å²) in [5.41, 5.74) is 8.08. The molecule has 1 aliphatic rings. The molecule has 0 atom stereocenters. The first-order valence-corrected chi connectivity index (χ1v) is 8.65. The summed E-state index contributed by atoms with van der Waals surface area (Å²) < 4.78 is 16.3. The van der Waals surface area contributed by atoms with Crippen molar-refractivity contribution in [1.82, 2.24) is 4.90 Å². The summed E-state index contributed by atoms with van der Waals surface area (Å²) in [5, 5.41) is 8.61. The van der Waals surface area contributed by atoms with E-state index in [1.165, 1.54) is 0 Å². The van der Waals surface area contributed by atoms with Crippen molar-refractivity contribution in [2.45, 2.75) is 6.54 Å². The highest BCUT2D eigenvalue weighted by Gasteiger charge is 2.17. The van der Waals surface area contributed by atoms with E-state index in [0.717, 1.165) is 18.7 Å². The average molecular weight is 403 g/mol. The number of esters is 1. The molecule has 0 bridgehead atoms. The molecule has 3 N–H and O–H groups in total. The van der Waals surface area contributed by atoms with E-state index < -0.39 is 5.97 Å². The second-order valence-electron chi connectivity index (χ2n) is 5.39. The first-order valence-electron chi connectivity index (χ1n) is 7.85. The van der Waals surface area contributed by atoms with Gasteiger partial charge in [0.15, 0.2) is 0 Å². The first-order chi connectivity index (χ1) is 11.6. The number of morpholine rings is 1. The fourth-order valence-corrected chi connectivity index (χ4v) is 2.87. The van der Waals surface area contributed by atoms with Crippen molar-refractivity contribution >= 4 is 27.6 Å². The smallest absolute Gasteiger partial charge is 0.338 e. The molecular weight excluding hydrogens is 380 g/mol. The SMILES string of the molecule is Nc1c(Br)cc(C(=O)OCCOCCO)cc1CN1CCOCC1. The van der Waals surface area contributed by atoms with E-state index in [1.54, 1.807) is 12.1 Å². The van der Waals surface area contributed by atoms with Gasteiger partial charge in [-0.2, -0.15) is 0 Å². The molecule has 0 unspecified atom stereocenters. The van der Waals surface area contributed by atoms with Gasteiger partial charge in [0.25, 0.3) is 0 Å². The maximum Gasteiger partial charge on any atom is 0.338 e. The summed E-state index contributed by atoms with van der Waals surface area (Å²) in [6.07, 6.45) is 0. The lowest BCUT2D eigenvalue weighted by Crippen LogP contribution is -2.35. The van der Waals surface area contributed by atoms with E-state index in [9.17, 15) is 4.79 Å². The second-order valence-corrected chi connectivity index (χ2v) is 6.25. The Kier molecular flexibility index (Phi) is 7.93. The highest BCUT2D eigenvalue weighted by atomic mass is 79.9. The fraction of sp³-hybridized carbons (Fsp3) is 0.562. The molecule has 0 spiro atoms. The number of aliphatic hydroxyl groups excluding tert-OH is 1. The van der Waals surface area contributed by atoms with Crippen molar-refractivity contribution in [3.63, 3.8) is 0 Å². The first kappa shape index (κ1) is 19.1. The number of rotatable bonds is 8. The van der Waals surface area contributed by atoms with Gasteiger partial charge >= 0.3 is 5.97 Å². The molecule has 1 aliphatic heterocycles. The molecule has 2 rings (SSSR count). The third kappa shape index (κ3) is 5.71. The average Bonchev–Trinajstić information content (AvgIpc) is 2.59. The number of nitrogens with zero attached hydrogens (tertiary/aromatic N) is 1. The Morgan fingerprint density at radius 2 is 2.04 bits per heavy atom. The Morgan fingerprint density at radius 3 is 2.75 bits per heavy atom. The normalized spacial score (nSPS) is 15.4. The largest absolute Gasteiger partial charge is 0.460 e. The zero-order chi connectivity index (χ0) is 17.4. The molecule has 1 saturated heterocycles. The third-order valence-electron chi connectivity index (χ3n) is 3.65. The van der Waals surface area contributed by atoms with Gasteiger partial charge in [-0.05, 0) is 33.6 Å². The second kappa shape index (κ2) is 9.95. The maximum atomic E-state index is 12.2. The Balaban J connectivity index is 1.98. The lowest BCUT2D eigenvalue weighted by atomic mass is 10.1. The van der Waals surface area contributed by atoms with E-state index in [4.69, 9.17) is 25.1 Å². The summed E-state index contributed by atoms with van der Waals surface area (Å²) in [5.74, 6) is -0.425. The number of benzene rings is 1. The summed E-state index contributed by atoms with van der Waals surface area (Å²) in [6, 6.07) is 3.43. The summed E-state index contributed by atoms with van der Waals surface area (Å²) >= 11 is 3.40. The van der Waals surface area contributed by atoms with Crippen LogP contribution in [-0.4, -0.2) is 68.7 Å². The number of hydrogen-bond donors (Lipinski definition) is 2. The molecule has 134 valence electrons. The van der Waals surface area contributed by atoms with Crippen LogP contribution < -0.4 is 5.73 Å². The van der Waals surface area contributed by atoms with E-state index in [0.29, 0.717) is 35.5 Å². The Morgan fingerprint density at radius 1 is 1.29 bits per heavy atom. The fourth-order valence-electron chi connectivity index (χ4n) is 2.37. The summed E-state index contributed by atoms with van der Waals surface area (Å²) in [6.45, 7) is 4.32. The van der Waals surface area contributed by atoms with Crippen molar-refractivity contribution in [1.29, 1.82) is 0 Å². The maximum absolute atomic E-state index is 12.2. The Hall–Kier alpha value is -1.19. The molecule has 0 radical (unpaired) electrons. The number of nitrogens with two attached hydrogens (primary N) is 1. The van der Waals surface area contributed by atoms with Crippen LogP contribution in [0.5, 0.6) is 0 Å². The highest BCUT2D eigenvalue weighted by molar-refractivity contribution is 9.10. The Labute approximate surface area is 149 Å². The number of carbonyl (C=O) groups is 1. The standard InChI is InChI=1S/C16H23BrN2O5/c17-14-10-12(16(21)24-8-7-23-6-3-20)9-13(15(14)18)11-19-1-4-22-5-2-19/h9-10,20H,1-8,11,18H2. The molecular formula is C16H23BrN2O5. The van der Waals surface area contributed by atoms with Crippen LogP contribution in [0.25, 0.3) is 0 Å². The molecule has 24 heavy (non-hydrogen) atoms. The van der Waals surface area contributed by atoms with Gasteiger partial charge in [0.2, 0.25) is 0 Å². The molecule has 0 aliphatic carbocycles. The molecule has 1 aromatic rings. The van der Waals surface area contributed by atoms with E-state index in [-0.39, 0.29) is 26.4 Å². The van der Waals surface area contributed by atoms with Crippen molar-refractivity contribution < 1.29 is 24.1 Å². The van der Waals surface area contributed by atoms with Gasteiger partial charge in [0.05, 0.1) is 44.3 Å². The minimum atomic E-state index is -0.425. The highest BCUT2D eigenvalue weighted by Crippen LogP contribution is 2.27.